The highest BCUT2D eigenvalue weighted by atomic mass is 16.3. The van der Waals surface area contributed by atoms with Crippen LogP contribution in [0.3, 0.4) is 0 Å². The molecular weight excluding hydrogens is 228 g/mol. The predicted octanol–water partition coefficient (Wildman–Crippen LogP) is 1.25. The molecule has 2 rings (SSSR count). The van der Waals surface area contributed by atoms with Crippen LogP contribution < -0.4 is 5.32 Å². The summed E-state index contributed by atoms with van der Waals surface area (Å²) in [5.74, 6) is 0.343. The summed E-state index contributed by atoms with van der Waals surface area (Å²) in [6.07, 6.45) is 0.980. The molecular formula is C14H20N2O2. The number of aliphatic hydroxyl groups is 1. The molecule has 1 amide bonds. The maximum absolute atomic E-state index is 11.9. The molecule has 4 nitrogen and oxygen atoms in total. The lowest BCUT2D eigenvalue weighted by molar-refractivity contribution is -0.117. The maximum Gasteiger partial charge on any atom is 0.238 e. The molecule has 1 aromatic rings. The van der Waals surface area contributed by atoms with Crippen molar-refractivity contribution in [2.45, 2.75) is 13.3 Å². The Morgan fingerprint density at radius 1 is 1.56 bits per heavy atom. The monoisotopic (exact) mass is 248 g/mol. The van der Waals surface area contributed by atoms with Crippen LogP contribution >= 0.6 is 0 Å². The fraction of sp³-hybridized carbons (Fsp3) is 0.500. The summed E-state index contributed by atoms with van der Waals surface area (Å²) in [6.45, 7) is 4.34. The number of aliphatic hydroxyl groups excluding tert-OH is 1. The number of benzene rings is 1. The highest BCUT2D eigenvalue weighted by molar-refractivity contribution is 5.92. The van der Waals surface area contributed by atoms with Crippen molar-refractivity contribution in [3.05, 3.63) is 29.8 Å². The number of nitrogens with one attached hydrogen (secondary N) is 1. The van der Waals surface area contributed by atoms with Crippen LogP contribution in [-0.2, 0) is 4.79 Å². The third-order valence-electron chi connectivity index (χ3n) is 3.30. The first-order chi connectivity index (χ1) is 8.67. The van der Waals surface area contributed by atoms with Crippen molar-refractivity contribution in [1.82, 2.24) is 4.90 Å². The number of hydrogen-bond donors (Lipinski definition) is 2. The smallest absolute Gasteiger partial charge is 0.238 e. The van der Waals surface area contributed by atoms with Crippen LogP contribution in [0.25, 0.3) is 0 Å². The molecule has 1 aliphatic rings. The molecule has 0 spiro atoms. The number of anilines is 1. The van der Waals surface area contributed by atoms with Gasteiger partial charge < -0.3 is 10.4 Å². The molecule has 98 valence electrons. The minimum absolute atomic E-state index is 0.0131. The summed E-state index contributed by atoms with van der Waals surface area (Å²) in [7, 11) is 0. The quantitative estimate of drug-likeness (QED) is 0.843. The third kappa shape index (κ3) is 3.55. The zero-order valence-electron chi connectivity index (χ0n) is 10.7. The Labute approximate surface area is 108 Å². The van der Waals surface area contributed by atoms with E-state index in [-0.39, 0.29) is 12.5 Å². The fourth-order valence-electron chi connectivity index (χ4n) is 2.33. The largest absolute Gasteiger partial charge is 0.396 e. The summed E-state index contributed by atoms with van der Waals surface area (Å²) >= 11 is 0. The molecule has 2 N–H and O–H groups in total. The summed E-state index contributed by atoms with van der Waals surface area (Å²) in [5, 5.41) is 12.0. The lowest BCUT2D eigenvalue weighted by atomic mass is 10.1. The van der Waals surface area contributed by atoms with Crippen molar-refractivity contribution < 1.29 is 9.90 Å². The van der Waals surface area contributed by atoms with E-state index in [9.17, 15) is 4.79 Å². The fourth-order valence-corrected chi connectivity index (χ4v) is 2.33. The molecule has 1 unspecified atom stereocenters. The third-order valence-corrected chi connectivity index (χ3v) is 3.30. The van der Waals surface area contributed by atoms with E-state index in [1.807, 2.05) is 31.2 Å². The van der Waals surface area contributed by atoms with Crippen molar-refractivity contribution >= 4 is 11.6 Å². The number of amides is 1. The Morgan fingerprint density at radius 2 is 2.39 bits per heavy atom. The van der Waals surface area contributed by atoms with Gasteiger partial charge in [0.25, 0.3) is 0 Å². The molecule has 1 aliphatic heterocycles. The molecule has 1 fully saturated rings. The number of aryl methyl sites for hydroxylation is 1. The lowest BCUT2D eigenvalue weighted by Crippen LogP contribution is -2.31. The molecule has 1 atom stereocenters. The van der Waals surface area contributed by atoms with Crippen LogP contribution in [-0.4, -0.2) is 42.2 Å². The average Bonchev–Trinajstić information content (AvgIpc) is 2.76. The van der Waals surface area contributed by atoms with E-state index < -0.39 is 0 Å². The van der Waals surface area contributed by atoms with Gasteiger partial charge in [0, 0.05) is 18.8 Å². The zero-order valence-corrected chi connectivity index (χ0v) is 10.7. The molecule has 0 radical (unpaired) electrons. The molecule has 4 heteroatoms. The second-order valence-electron chi connectivity index (χ2n) is 4.99. The number of rotatable bonds is 4. The van der Waals surface area contributed by atoms with Crippen molar-refractivity contribution in [3.63, 3.8) is 0 Å². The van der Waals surface area contributed by atoms with E-state index in [1.165, 1.54) is 0 Å². The minimum Gasteiger partial charge on any atom is -0.396 e. The van der Waals surface area contributed by atoms with Gasteiger partial charge in [-0.25, -0.2) is 0 Å². The molecule has 18 heavy (non-hydrogen) atoms. The number of nitrogens with zero attached hydrogens (tertiary/aromatic N) is 1. The van der Waals surface area contributed by atoms with Gasteiger partial charge in [-0.1, -0.05) is 12.1 Å². The van der Waals surface area contributed by atoms with Gasteiger partial charge in [-0.2, -0.15) is 0 Å². The Morgan fingerprint density at radius 3 is 3.06 bits per heavy atom. The molecule has 0 aliphatic carbocycles. The second-order valence-corrected chi connectivity index (χ2v) is 4.99. The van der Waals surface area contributed by atoms with Gasteiger partial charge >= 0.3 is 0 Å². The van der Waals surface area contributed by atoms with E-state index in [4.69, 9.17) is 5.11 Å². The van der Waals surface area contributed by atoms with E-state index in [1.54, 1.807) is 0 Å². The van der Waals surface area contributed by atoms with E-state index >= 15 is 0 Å². The van der Waals surface area contributed by atoms with Gasteiger partial charge in [0.05, 0.1) is 6.54 Å². The summed E-state index contributed by atoms with van der Waals surface area (Å²) in [4.78, 5) is 13.9. The maximum atomic E-state index is 11.9. The van der Waals surface area contributed by atoms with Crippen LogP contribution in [0, 0.1) is 12.8 Å². The first-order valence-electron chi connectivity index (χ1n) is 6.37. The van der Waals surface area contributed by atoms with Gasteiger partial charge in [-0.3, -0.25) is 9.69 Å². The standard InChI is InChI=1S/C14H20N2O2/c1-11-3-2-4-13(7-11)15-14(18)9-16-6-5-12(8-16)10-17/h2-4,7,12,17H,5-6,8-10H2,1H3,(H,15,18). The highest BCUT2D eigenvalue weighted by Gasteiger charge is 2.23. The van der Waals surface area contributed by atoms with Crippen LogP contribution in [0.15, 0.2) is 24.3 Å². The van der Waals surface area contributed by atoms with Crippen molar-refractivity contribution in [2.75, 3.05) is 31.6 Å². The van der Waals surface area contributed by atoms with E-state index in [2.05, 4.69) is 10.2 Å². The summed E-state index contributed by atoms with van der Waals surface area (Å²) < 4.78 is 0. The molecule has 0 saturated carbocycles. The number of hydrogen-bond acceptors (Lipinski definition) is 3. The average molecular weight is 248 g/mol. The first-order valence-corrected chi connectivity index (χ1v) is 6.37. The summed E-state index contributed by atoms with van der Waals surface area (Å²) in [5.41, 5.74) is 1.98. The molecule has 1 heterocycles. The van der Waals surface area contributed by atoms with Crippen LogP contribution in [0.1, 0.15) is 12.0 Å². The van der Waals surface area contributed by atoms with Crippen molar-refractivity contribution in [1.29, 1.82) is 0 Å². The number of carbonyl (C=O) groups excluding carboxylic acids is 1. The Balaban J connectivity index is 1.82. The topological polar surface area (TPSA) is 52.6 Å². The van der Waals surface area contributed by atoms with E-state index in [0.29, 0.717) is 12.5 Å². The van der Waals surface area contributed by atoms with Gasteiger partial charge in [0.15, 0.2) is 0 Å². The lowest BCUT2D eigenvalue weighted by Gasteiger charge is -2.15. The Hall–Kier alpha value is -1.39. The molecule has 0 aromatic heterocycles. The Bertz CT molecular complexity index is 420. The molecule has 1 aromatic carbocycles. The summed E-state index contributed by atoms with van der Waals surface area (Å²) in [6, 6.07) is 7.79. The van der Waals surface area contributed by atoms with Gasteiger partial charge in [-0.05, 0) is 43.5 Å². The van der Waals surface area contributed by atoms with Crippen LogP contribution in [0.4, 0.5) is 5.69 Å². The number of carbonyl (C=O) groups is 1. The minimum atomic E-state index is 0.0131. The van der Waals surface area contributed by atoms with Gasteiger partial charge in [-0.15, -0.1) is 0 Å². The first kappa shape index (κ1) is 13.1. The molecule has 1 saturated heterocycles. The molecule has 0 bridgehead atoms. The Kier molecular flexibility index (Phi) is 4.33. The normalized spacial score (nSPS) is 20.0. The van der Waals surface area contributed by atoms with Crippen LogP contribution in [0.2, 0.25) is 0 Å². The van der Waals surface area contributed by atoms with Crippen molar-refractivity contribution in [2.24, 2.45) is 5.92 Å². The highest BCUT2D eigenvalue weighted by Crippen LogP contribution is 2.15. The van der Waals surface area contributed by atoms with Gasteiger partial charge in [0.2, 0.25) is 5.91 Å². The SMILES string of the molecule is Cc1cccc(NC(=O)CN2CCC(CO)C2)c1. The number of likely N-dealkylation sites (tertiary alicyclic amines) is 1. The van der Waals surface area contributed by atoms with Crippen LogP contribution in [0.5, 0.6) is 0 Å². The predicted molar refractivity (Wildman–Crippen MR) is 71.4 cm³/mol. The second kappa shape index (κ2) is 5.98. The van der Waals surface area contributed by atoms with E-state index in [0.717, 1.165) is 30.8 Å². The van der Waals surface area contributed by atoms with Gasteiger partial charge in [0.1, 0.15) is 0 Å². The zero-order chi connectivity index (χ0) is 13.0. The van der Waals surface area contributed by atoms with Crippen molar-refractivity contribution in [3.8, 4) is 0 Å².